The highest BCUT2D eigenvalue weighted by atomic mass is 16.5. The Hall–Kier alpha value is -2.15. The predicted molar refractivity (Wildman–Crippen MR) is 117 cm³/mol. The van der Waals surface area contributed by atoms with Crippen molar-refractivity contribution in [2.24, 2.45) is 0 Å². The van der Waals surface area contributed by atoms with Crippen LogP contribution in [0.25, 0.3) is 0 Å². The Morgan fingerprint density at radius 3 is 2.87 bits per heavy atom. The Balaban J connectivity index is 1.51. The van der Waals surface area contributed by atoms with E-state index in [4.69, 9.17) is 14.2 Å². The molecule has 1 atom stereocenters. The molecule has 6 nitrogen and oxygen atoms in total. The van der Waals surface area contributed by atoms with Crippen LogP contribution in [0.2, 0.25) is 0 Å². The highest BCUT2D eigenvalue weighted by molar-refractivity contribution is 5.48. The van der Waals surface area contributed by atoms with Crippen molar-refractivity contribution in [1.29, 1.82) is 0 Å². The number of aromatic nitrogens is 1. The van der Waals surface area contributed by atoms with Crippen LogP contribution in [0.3, 0.4) is 0 Å². The van der Waals surface area contributed by atoms with Crippen LogP contribution in [0.1, 0.15) is 30.5 Å². The molecular formula is C24H33N3O3. The van der Waals surface area contributed by atoms with Gasteiger partial charge in [-0.25, -0.2) is 0 Å². The van der Waals surface area contributed by atoms with Crippen LogP contribution in [0, 0.1) is 0 Å². The minimum atomic E-state index is 0.234. The summed E-state index contributed by atoms with van der Waals surface area (Å²) in [5.41, 5.74) is 3.67. The fraction of sp³-hybridized carbons (Fsp3) is 0.542. The van der Waals surface area contributed by atoms with Gasteiger partial charge in [-0.3, -0.25) is 14.8 Å². The second-order valence-electron chi connectivity index (χ2n) is 8.16. The maximum absolute atomic E-state index is 6.03. The third-order valence-corrected chi connectivity index (χ3v) is 5.74. The molecule has 0 bridgehead atoms. The zero-order valence-electron chi connectivity index (χ0n) is 18.2. The first-order valence-electron chi connectivity index (χ1n) is 11.1. The summed E-state index contributed by atoms with van der Waals surface area (Å²) < 4.78 is 17.5. The van der Waals surface area contributed by atoms with Crippen LogP contribution < -0.4 is 9.47 Å². The molecule has 1 aromatic heterocycles. The third kappa shape index (κ3) is 5.50. The van der Waals surface area contributed by atoms with E-state index in [0.29, 0.717) is 6.61 Å². The van der Waals surface area contributed by atoms with Gasteiger partial charge in [-0.1, -0.05) is 6.07 Å². The van der Waals surface area contributed by atoms with E-state index in [9.17, 15) is 0 Å². The number of fused-ring (bicyclic) bond motifs is 1. The monoisotopic (exact) mass is 411 g/mol. The molecule has 0 radical (unpaired) electrons. The van der Waals surface area contributed by atoms with Crippen molar-refractivity contribution < 1.29 is 14.2 Å². The van der Waals surface area contributed by atoms with E-state index in [2.05, 4.69) is 39.9 Å². The van der Waals surface area contributed by atoms with Crippen molar-refractivity contribution in [1.82, 2.24) is 14.8 Å². The van der Waals surface area contributed by atoms with E-state index >= 15 is 0 Å². The largest absolute Gasteiger partial charge is 0.494 e. The summed E-state index contributed by atoms with van der Waals surface area (Å²) in [7, 11) is 0. The van der Waals surface area contributed by atoms with Crippen LogP contribution in [0.4, 0.5) is 0 Å². The van der Waals surface area contributed by atoms with Gasteiger partial charge in [0, 0.05) is 69.2 Å². The van der Waals surface area contributed by atoms with E-state index < -0.39 is 0 Å². The molecule has 6 heteroatoms. The van der Waals surface area contributed by atoms with Crippen molar-refractivity contribution in [3.05, 3.63) is 53.3 Å². The summed E-state index contributed by atoms with van der Waals surface area (Å²) in [4.78, 5) is 9.26. The molecule has 30 heavy (non-hydrogen) atoms. The summed E-state index contributed by atoms with van der Waals surface area (Å²) in [6, 6.07) is 8.52. The lowest BCUT2D eigenvalue weighted by Gasteiger charge is -2.30. The molecule has 2 aromatic rings. The van der Waals surface area contributed by atoms with Gasteiger partial charge in [0.2, 0.25) is 0 Å². The van der Waals surface area contributed by atoms with Crippen molar-refractivity contribution >= 4 is 0 Å². The zero-order valence-corrected chi connectivity index (χ0v) is 18.2. The topological polar surface area (TPSA) is 47.1 Å². The van der Waals surface area contributed by atoms with Gasteiger partial charge in [0.05, 0.1) is 19.8 Å². The van der Waals surface area contributed by atoms with Gasteiger partial charge in [-0.2, -0.15) is 0 Å². The average molecular weight is 412 g/mol. The number of morpholine rings is 1. The molecule has 0 N–H and O–H groups in total. The number of ether oxygens (including phenoxy) is 3. The molecule has 4 rings (SSSR count). The third-order valence-electron chi connectivity index (χ3n) is 5.74. The molecule has 0 spiro atoms. The molecule has 2 aliphatic rings. The van der Waals surface area contributed by atoms with Crippen LogP contribution >= 0.6 is 0 Å². The van der Waals surface area contributed by atoms with Gasteiger partial charge in [0.15, 0.2) is 0 Å². The number of hydrogen-bond acceptors (Lipinski definition) is 6. The smallest absolute Gasteiger partial charge is 0.124 e. The van der Waals surface area contributed by atoms with Gasteiger partial charge in [-0.05, 0) is 37.6 Å². The summed E-state index contributed by atoms with van der Waals surface area (Å²) in [6.45, 7) is 12.2. The number of nitrogens with zero attached hydrogens (tertiary/aromatic N) is 3. The van der Waals surface area contributed by atoms with Gasteiger partial charge in [-0.15, -0.1) is 0 Å². The lowest BCUT2D eigenvalue weighted by molar-refractivity contribution is 0.0324. The first-order chi connectivity index (χ1) is 14.7. The second-order valence-corrected chi connectivity index (χ2v) is 8.16. The highest BCUT2D eigenvalue weighted by Crippen LogP contribution is 2.35. The van der Waals surface area contributed by atoms with E-state index in [-0.39, 0.29) is 6.10 Å². The van der Waals surface area contributed by atoms with Gasteiger partial charge in [0.25, 0.3) is 0 Å². The molecular weight excluding hydrogens is 378 g/mol. The quantitative estimate of drug-likeness (QED) is 0.632. The van der Waals surface area contributed by atoms with Crippen LogP contribution in [-0.2, 0) is 24.2 Å². The van der Waals surface area contributed by atoms with Gasteiger partial charge >= 0.3 is 0 Å². The number of pyridine rings is 1. The molecule has 1 aromatic carbocycles. The normalized spacial score (nSPS) is 19.0. The zero-order chi connectivity index (χ0) is 20.8. The average Bonchev–Trinajstić information content (AvgIpc) is 3.12. The van der Waals surface area contributed by atoms with Crippen LogP contribution in [-0.4, -0.2) is 66.9 Å². The predicted octanol–water partition coefficient (Wildman–Crippen LogP) is 3.14. The Morgan fingerprint density at radius 2 is 2.10 bits per heavy atom. The Bertz CT molecular complexity index is 809. The molecule has 0 saturated carbocycles. The van der Waals surface area contributed by atoms with Crippen LogP contribution in [0.5, 0.6) is 11.5 Å². The summed E-state index contributed by atoms with van der Waals surface area (Å²) >= 11 is 0. The van der Waals surface area contributed by atoms with Crippen molar-refractivity contribution in [2.45, 2.75) is 39.5 Å². The van der Waals surface area contributed by atoms with Crippen molar-refractivity contribution in [3.8, 4) is 11.5 Å². The molecule has 1 saturated heterocycles. The summed E-state index contributed by atoms with van der Waals surface area (Å²) in [6.07, 6.45) is 4.97. The standard InChI is InChI=1S/C24H33N3O3/c1-3-29-23-14-21-13-19(2)30-24(21)15-22(23)18-27(17-20-5-4-6-25-16-20)8-7-26-9-11-28-12-10-26/h4-6,14-16,19H,3,7-13,17-18H2,1-2H3/t19-/m1/s1. The lowest BCUT2D eigenvalue weighted by atomic mass is 10.1. The molecule has 2 aliphatic heterocycles. The van der Waals surface area contributed by atoms with E-state index in [0.717, 1.165) is 70.4 Å². The maximum Gasteiger partial charge on any atom is 0.124 e. The fourth-order valence-corrected chi connectivity index (χ4v) is 4.21. The number of benzene rings is 1. The molecule has 162 valence electrons. The molecule has 0 aliphatic carbocycles. The minimum absolute atomic E-state index is 0.234. The first kappa shape index (κ1) is 21.1. The van der Waals surface area contributed by atoms with Crippen molar-refractivity contribution in [2.75, 3.05) is 46.0 Å². The minimum Gasteiger partial charge on any atom is -0.494 e. The first-order valence-corrected chi connectivity index (χ1v) is 11.1. The van der Waals surface area contributed by atoms with Crippen molar-refractivity contribution in [3.63, 3.8) is 0 Å². The maximum atomic E-state index is 6.03. The van der Waals surface area contributed by atoms with E-state index in [1.807, 2.05) is 25.4 Å². The fourth-order valence-electron chi connectivity index (χ4n) is 4.21. The van der Waals surface area contributed by atoms with Crippen LogP contribution in [0.15, 0.2) is 36.7 Å². The molecule has 0 unspecified atom stereocenters. The molecule has 1 fully saturated rings. The second kappa shape index (κ2) is 10.2. The Morgan fingerprint density at radius 1 is 1.23 bits per heavy atom. The van der Waals surface area contributed by atoms with Gasteiger partial charge in [0.1, 0.15) is 17.6 Å². The Kier molecular flexibility index (Phi) is 7.20. The molecule has 0 amide bonds. The molecule has 3 heterocycles. The SMILES string of the molecule is CCOc1cc2c(cc1CN(CCN1CCOCC1)Cc1cccnc1)O[C@H](C)C2. The summed E-state index contributed by atoms with van der Waals surface area (Å²) in [5.74, 6) is 1.99. The lowest BCUT2D eigenvalue weighted by Crippen LogP contribution is -2.41. The summed E-state index contributed by atoms with van der Waals surface area (Å²) in [5, 5.41) is 0. The number of hydrogen-bond donors (Lipinski definition) is 0. The Labute approximate surface area is 179 Å². The van der Waals surface area contributed by atoms with Gasteiger partial charge < -0.3 is 14.2 Å². The number of rotatable bonds is 9. The van der Waals surface area contributed by atoms with E-state index in [1.165, 1.54) is 16.7 Å². The van der Waals surface area contributed by atoms with E-state index in [1.54, 1.807) is 0 Å². The highest BCUT2D eigenvalue weighted by Gasteiger charge is 2.23.